The van der Waals surface area contributed by atoms with Crippen molar-refractivity contribution in [1.82, 2.24) is 4.90 Å². The Morgan fingerprint density at radius 3 is 2.50 bits per heavy atom. The number of rotatable bonds is 6. The van der Waals surface area contributed by atoms with Crippen LogP contribution in [0.1, 0.15) is 12.0 Å². The van der Waals surface area contributed by atoms with Gasteiger partial charge in [0.05, 0.1) is 59.0 Å². The van der Waals surface area contributed by atoms with Gasteiger partial charge in [-0.05, 0) is 24.5 Å². The minimum atomic E-state index is -0.256. The summed E-state index contributed by atoms with van der Waals surface area (Å²) in [5.41, 5.74) is 1.68. The number of carbonyl (C=O) groups is 2. The number of hydrogen-bond donors (Lipinski definition) is 1. The van der Waals surface area contributed by atoms with E-state index in [4.69, 9.17) is 14.3 Å². The minimum Gasteiger partial charge on any atom is -0.497 e. The van der Waals surface area contributed by atoms with E-state index in [1.54, 1.807) is 14.2 Å². The molecule has 5 rings (SSSR count). The van der Waals surface area contributed by atoms with E-state index in [0.29, 0.717) is 18.0 Å². The Labute approximate surface area is 175 Å². The Morgan fingerprint density at radius 1 is 1.10 bits per heavy atom. The highest BCUT2D eigenvalue weighted by Gasteiger charge is 2.70. The highest BCUT2D eigenvalue weighted by molar-refractivity contribution is 6.09. The molecule has 8 heteroatoms. The third-order valence-electron chi connectivity index (χ3n) is 7.30. The fourth-order valence-electron chi connectivity index (χ4n) is 5.98. The zero-order chi connectivity index (χ0) is 21.2. The van der Waals surface area contributed by atoms with E-state index in [-0.39, 0.29) is 47.5 Å². The van der Waals surface area contributed by atoms with Crippen molar-refractivity contribution in [3.63, 3.8) is 0 Å². The first-order valence-electron chi connectivity index (χ1n) is 10.6. The summed E-state index contributed by atoms with van der Waals surface area (Å²) < 4.78 is 10.9. The molecule has 6 atom stereocenters. The molecule has 0 unspecified atom stereocenters. The van der Waals surface area contributed by atoms with E-state index in [2.05, 4.69) is 5.16 Å². The summed E-state index contributed by atoms with van der Waals surface area (Å²) in [6, 6.07) is 5.63. The van der Waals surface area contributed by atoms with Crippen LogP contribution >= 0.6 is 0 Å². The maximum absolute atomic E-state index is 13.2. The van der Waals surface area contributed by atoms with Gasteiger partial charge in [-0.25, -0.2) is 0 Å². The second-order valence-corrected chi connectivity index (χ2v) is 9.04. The average Bonchev–Trinajstić information content (AvgIpc) is 3.47. The SMILES string of the molecule is COc1ccc(C2=NO[C@@H]3[C@@H]4C[C@@H]([C@H]5C(=O)N(CC[NH+](C)C)C(=O)[C@@H]45)[C@H]23)c(OC)c1. The summed E-state index contributed by atoms with van der Waals surface area (Å²) in [5.74, 6) is 0.965. The number of nitrogens with one attached hydrogen (secondary N) is 1. The fraction of sp³-hybridized carbons (Fsp3) is 0.591. The van der Waals surface area contributed by atoms with Crippen molar-refractivity contribution in [3.8, 4) is 11.5 Å². The van der Waals surface area contributed by atoms with Crippen molar-refractivity contribution in [1.29, 1.82) is 0 Å². The number of nitrogens with zero attached hydrogens (tertiary/aromatic N) is 2. The number of oxime groups is 1. The Bertz CT molecular complexity index is 929. The summed E-state index contributed by atoms with van der Waals surface area (Å²) in [6.07, 6.45) is 0.695. The van der Waals surface area contributed by atoms with Crippen molar-refractivity contribution < 1.29 is 28.8 Å². The lowest BCUT2D eigenvalue weighted by atomic mass is 9.71. The highest BCUT2D eigenvalue weighted by Crippen LogP contribution is 2.61. The number of likely N-dealkylation sites (N-methyl/N-ethyl adjacent to an activating group) is 1. The van der Waals surface area contributed by atoms with Crippen LogP contribution in [0.5, 0.6) is 11.5 Å². The number of carbonyl (C=O) groups excluding carboxylic acids is 2. The summed E-state index contributed by atoms with van der Waals surface area (Å²) in [6.45, 7) is 1.24. The number of amides is 2. The maximum atomic E-state index is 13.2. The van der Waals surface area contributed by atoms with Gasteiger partial charge in [-0.3, -0.25) is 14.5 Å². The molecular formula is C22H28N3O5+. The largest absolute Gasteiger partial charge is 0.497 e. The number of methoxy groups -OCH3 is 2. The predicted octanol–water partition coefficient (Wildman–Crippen LogP) is -0.182. The van der Waals surface area contributed by atoms with Crippen LogP contribution in [0.25, 0.3) is 0 Å². The Balaban J connectivity index is 1.44. The van der Waals surface area contributed by atoms with E-state index in [9.17, 15) is 9.59 Å². The molecule has 1 aromatic carbocycles. The van der Waals surface area contributed by atoms with E-state index in [0.717, 1.165) is 24.2 Å². The lowest BCUT2D eigenvalue weighted by Crippen LogP contribution is -3.06. The van der Waals surface area contributed by atoms with Gasteiger partial charge in [0.1, 0.15) is 17.6 Å². The van der Waals surface area contributed by atoms with Crippen molar-refractivity contribution in [2.75, 3.05) is 41.4 Å². The predicted molar refractivity (Wildman–Crippen MR) is 107 cm³/mol. The molecule has 0 aromatic heterocycles. The van der Waals surface area contributed by atoms with Crippen LogP contribution in [0, 0.1) is 29.6 Å². The van der Waals surface area contributed by atoms with Gasteiger partial charge in [0.2, 0.25) is 11.8 Å². The van der Waals surface area contributed by atoms with Crippen LogP contribution in [0.3, 0.4) is 0 Å². The number of likely N-dealkylation sites (tertiary alicyclic amines) is 1. The summed E-state index contributed by atoms with van der Waals surface area (Å²) >= 11 is 0. The Hall–Kier alpha value is -2.61. The number of benzene rings is 1. The van der Waals surface area contributed by atoms with Crippen LogP contribution in [0.4, 0.5) is 0 Å². The standard InChI is InChI=1S/C22H27N3O5/c1-24(2)7-8-25-21(26)16-13-10-14(17(16)22(25)27)20-18(13)19(23-30-20)12-6-5-11(28-3)9-15(12)29-4/h5-6,9,13-14,16-18,20H,7-8,10H2,1-4H3/p+1/t13-,14+,16+,17-,18+,20+/m0/s1. The summed E-state index contributed by atoms with van der Waals surface area (Å²) in [4.78, 5) is 34.9. The van der Waals surface area contributed by atoms with Gasteiger partial charge in [-0.1, -0.05) is 5.16 Å². The van der Waals surface area contributed by atoms with Crippen molar-refractivity contribution in [3.05, 3.63) is 23.8 Å². The minimum absolute atomic E-state index is 0.00900. The molecule has 2 saturated carbocycles. The van der Waals surface area contributed by atoms with Crippen LogP contribution in [0.2, 0.25) is 0 Å². The first kappa shape index (κ1) is 19.4. The second kappa shape index (κ2) is 6.97. The zero-order valence-electron chi connectivity index (χ0n) is 17.8. The van der Waals surface area contributed by atoms with Gasteiger partial charge in [0, 0.05) is 23.5 Å². The van der Waals surface area contributed by atoms with E-state index < -0.39 is 0 Å². The van der Waals surface area contributed by atoms with Crippen LogP contribution in [-0.2, 0) is 14.4 Å². The molecule has 30 heavy (non-hydrogen) atoms. The fourth-order valence-corrected chi connectivity index (χ4v) is 5.98. The lowest BCUT2D eigenvalue weighted by molar-refractivity contribution is -0.857. The Morgan fingerprint density at radius 2 is 1.83 bits per heavy atom. The molecule has 1 saturated heterocycles. The number of imide groups is 1. The van der Waals surface area contributed by atoms with Gasteiger partial charge in [-0.15, -0.1) is 0 Å². The molecule has 1 N–H and O–H groups in total. The third kappa shape index (κ3) is 2.59. The number of ether oxygens (including phenoxy) is 2. The molecule has 2 aliphatic heterocycles. The molecule has 160 valence electrons. The molecule has 2 bridgehead atoms. The third-order valence-corrected chi connectivity index (χ3v) is 7.30. The maximum Gasteiger partial charge on any atom is 0.233 e. The van der Waals surface area contributed by atoms with E-state index in [1.807, 2.05) is 32.3 Å². The average molecular weight is 414 g/mol. The van der Waals surface area contributed by atoms with E-state index >= 15 is 0 Å². The number of quaternary nitrogens is 1. The monoisotopic (exact) mass is 414 g/mol. The van der Waals surface area contributed by atoms with E-state index in [1.165, 1.54) is 9.80 Å². The number of hydrogen-bond acceptors (Lipinski definition) is 6. The first-order chi connectivity index (χ1) is 14.5. The lowest BCUT2D eigenvalue weighted by Gasteiger charge is -2.30. The summed E-state index contributed by atoms with van der Waals surface area (Å²) in [5, 5.41) is 4.41. The molecule has 3 fully saturated rings. The first-order valence-corrected chi connectivity index (χ1v) is 10.6. The molecule has 8 nitrogen and oxygen atoms in total. The Kier molecular flexibility index (Phi) is 4.50. The van der Waals surface area contributed by atoms with Crippen LogP contribution < -0.4 is 14.4 Å². The number of fused-ring (bicyclic) bond motifs is 8. The molecule has 2 aliphatic carbocycles. The van der Waals surface area contributed by atoms with Gasteiger partial charge >= 0.3 is 0 Å². The molecular weight excluding hydrogens is 386 g/mol. The topological polar surface area (TPSA) is 81.9 Å². The highest BCUT2D eigenvalue weighted by atomic mass is 16.6. The molecule has 4 aliphatic rings. The van der Waals surface area contributed by atoms with Gasteiger partial charge < -0.3 is 19.2 Å². The molecule has 0 spiro atoms. The molecule has 2 heterocycles. The van der Waals surface area contributed by atoms with Crippen LogP contribution in [0.15, 0.2) is 23.4 Å². The molecule has 0 radical (unpaired) electrons. The molecule has 2 amide bonds. The quantitative estimate of drug-likeness (QED) is 0.653. The summed E-state index contributed by atoms with van der Waals surface area (Å²) in [7, 11) is 7.28. The van der Waals surface area contributed by atoms with Crippen LogP contribution in [-0.4, -0.2) is 69.9 Å². The van der Waals surface area contributed by atoms with Gasteiger partial charge in [0.25, 0.3) is 0 Å². The van der Waals surface area contributed by atoms with Crippen molar-refractivity contribution in [2.45, 2.75) is 12.5 Å². The van der Waals surface area contributed by atoms with Gasteiger partial charge in [-0.2, -0.15) is 0 Å². The van der Waals surface area contributed by atoms with Crippen molar-refractivity contribution >= 4 is 17.5 Å². The molecule has 1 aromatic rings. The normalized spacial score (nSPS) is 33.6. The smallest absolute Gasteiger partial charge is 0.233 e. The second-order valence-electron chi connectivity index (χ2n) is 9.04. The van der Waals surface area contributed by atoms with Gasteiger partial charge in [0.15, 0.2) is 0 Å². The van der Waals surface area contributed by atoms with Crippen molar-refractivity contribution in [2.24, 2.45) is 34.7 Å². The zero-order valence-corrected chi connectivity index (χ0v) is 17.8.